The smallest absolute Gasteiger partial charge is 0.229 e. The van der Waals surface area contributed by atoms with Crippen LogP contribution < -0.4 is 15.4 Å². The molecule has 7 nitrogen and oxygen atoms in total. The zero-order valence-electron chi connectivity index (χ0n) is 12.7. The molecule has 0 spiro atoms. The summed E-state index contributed by atoms with van der Waals surface area (Å²) in [6, 6.07) is 5.55. The van der Waals surface area contributed by atoms with E-state index in [0.29, 0.717) is 34.6 Å². The number of hydrogen-bond donors (Lipinski definition) is 4. The van der Waals surface area contributed by atoms with E-state index in [1.54, 1.807) is 7.11 Å². The fourth-order valence-corrected chi connectivity index (χ4v) is 2.35. The average molecular weight is 353 g/mol. The number of nitrogens with one attached hydrogen (secondary N) is 4. The summed E-state index contributed by atoms with van der Waals surface area (Å²) < 4.78 is 7.93. The van der Waals surface area contributed by atoms with Gasteiger partial charge in [0, 0.05) is 18.3 Å². The van der Waals surface area contributed by atoms with Gasteiger partial charge >= 0.3 is 0 Å². The molecule has 0 aliphatic rings. The van der Waals surface area contributed by atoms with Crippen LogP contribution in [0.1, 0.15) is 12.5 Å². The highest BCUT2D eigenvalue weighted by Crippen LogP contribution is 2.27. The maximum absolute atomic E-state index is 7.64. The molecule has 0 aliphatic carbocycles. The van der Waals surface area contributed by atoms with Crippen molar-refractivity contribution in [2.45, 2.75) is 6.92 Å². The van der Waals surface area contributed by atoms with Crippen LogP contribution in [0.5, 0.6) is 0 Å². The first kappa shape index (κ1) is 17.3. The third-order valence-corrected chi connectivity index (χ3v) is 3.57. The van der Waals surface area contributed by atoms with E-state index in [0.717, 1.165) is 17.9 Å². The summed E-state index contributed by atoms with van der Waals surface area (Å²) in [5.41, 5.74) is 2.12. The Morgan fingerprint density at radius 1 is 1.39 bits per heavy atom. The van der Waals surface area contributed by atoms with E-state index in [4.69, 9.17) is 21.2 Å². The lowest BCUT2D eigenvalue weighted by molar-refractivity contribution is 0.492. The van der Waals surface area contributed by atoms with Gasteiger partial charge in [0.15, 0.2) is 0 Å². The van der Waals surface area contributed by atoms with Gasteiger partial charge in [-0.05, 0) is 19.1 Å². The predicted molar refractivity (Wildman–Crippen MR) is 97.0 cm³/mol. The highest BCUT2D eigenvalue weighted by molar-refractivity contribution is 7.96. The second-order valence-corrected chi connectivity index (χ2v) is 5.42. The highest BCUT2D eigenvalue weighted by Gasteiger charge is 2.10. The molecule has 0 bridgehead atoms. The molecule has 4 N–H and O–H groups in total. The van der Waals surface area contributed by atoms with Gasteiger partial charge in [-0.25, -0.2) is 4.98 Å². The third-order valence-electron chi connectivity index (χ3n) is 2.82. The lowest BCUT2D eigenvalue weighted by atomic mass is 10.1. The number of anilines is 4. The van der Waals surface area contributed by atoms with Crippen molar-refractivity contribution in [1.29, 1.82) is 5.41 Å². The minimum Gasteiger partial charge on any atom is -0.369 e. The quantitative estimate of drug-likeness (QED) is 0.325. The van der Waals surface area contributed by atoms with Crippen LogP contribution in [0.4, 0.5) is 23.1 Å². The van der Waals surface area contributed by atoms with Gasteiger partial charge in [0.2, 0.25) is 5.95 Å². The van der Waals surface area contributed by atoms with Crippen LogP contribution in [-0.4, -0.2) is 29.8 Å². The van der Waals surface area contributed by atoms with E-state index < -0.39 is 0 Å². The summed E-state index contributed by atoms with van der Waals surface area (Å²) in [5.74, 6) is 0.956. The second kappa shape index (κ2) is 8.56. The first-order valence-electron chi connectivity index (χ1n) is 6.82. The molecule has 0 atom stereocenters. The summed E-state index contributed by atoms with van der Waals surface area (Å²) in [6.45, 7) is 2.66. The maximum atomic E-state index is 7.64. The van der Waals surface area contributed by atoms with Gasteiger partial charge in [0.25, 0.3) is 0 Å². The SMILES string of the molecule is CCNc1nc(Nc2cccc(NSOC)c2C=N)ncc1Cl. The maximum Gasteiger partial charge on any atom is 0.229 e. The minimum atomic E-state index is 0.394. The zero-order valence-corrected chi connectivity index (χ0v) is 14.3. The Morgan fingerprint density at radius 3 is 2.87 bits per heavy atom. The Balaban J connectivity index is 2.29. The van der Waals surface area contributed by atoms with Gasteiger partial charge in [0.1, 0.15) is 23.1 Å². The fourth-order valence-electron chi connectivity index (χ4n) is 1.84. The molecule has 0 radical (unpaired) electrons. The number of halogens is 1. The Morgan fingerprint density at radius 2 is 2.17 bits per heavy atom. The number of aromatic nitrogens is 2. The predicted octanol–water partition coefficient (Wildman–Crippen LogP) is 3.92. The Hall–Kier alpha value is -2.03. The van der Waals surface area contributed by atoms with Crippen molar-refractivity contribution < 1.29 is 4.18 Å². The molecule has 1 heterocycles. The summed E-state index contributed by atoms with van der Waals surface area (Å²) in [4.78, 5) is 8.50. The standard InChI is InChI=1S/C14H17ClN6OS/c1-3-17-13-10(15)8-18-14(20-13)19-11-5-4-6-12(9(11)7-16)21-23-22-2/h4-8,16,21H,3H2,1-2H3,(H2,17,18,19,20). The van der Waals surface area contributed by atoms with E-state index in [1.165, 1.54) is 12.4 Å². The van der Waals surface area contributed by atoms with Crippen LogP contribution in [-0.2, 0) is 4.18 Å². The average Bonchev–Trinajstić information content (AvgIpc) is 2.56. The molecule has 2 aromatic rings. The molecule has 9 heteroatoms. The van der Waals surface area contributed by atoms with Crippen LogP contribution >= 0.6 is 23.8 Å². The van der Waals surface area contributed by atoms with E-state index in [1.807, 2.05) is 25.1 Å². The number of hydrogen-bond acceptors (Lipinski definition) is 8. The Labute approximate surface area is 144 Å². The second-order valence-electron chi connectivity index (χ2n) is 4.31. The number of nitrogens with zero attached hydrogens (tertiary/aromatic N) is 2. The monoisotopic (exact) mass is 352 g/mol. The van der Waals surface area contributed by atoms with E-state index in [9.17, 15) is 0 Å². The van der Waals surface area contributed by atoms with E-state index in [-0.39, 0.29) is 0 Å². The van der Waals surface area contributed by atoms with Crippen molar-refractivity contribution in [2.24, 2.45) is 0 Å². The van der Waals surface area contributed by atoms with Crippen molar-refractivity contribution in [2.75, 3.05) is 29.0 Å². The van der Waals surface area contributed by atoms with Gasteiger partial charge in [-0.3, -0.25) is 0 Å². The molecule has 2 rings (SSSR count). The molecule has 0 unspecified atom stereocenters. The fraction of sp³-hybridized carbons (Fsp3) is 0.214. The largest absolute Gasteiger partial charge is 0.369 e. The van der Waals surface area contributed by atoms with Crippen LogP contribution in [0.2, 0.25) is 5.02 Å². The van der Waals surface area contributed by atoms with Crippen molar-refractivity contribution in [3.8, 4) is 0 Å². The molecule has 122 valence electrons. The number of benzene rings is 1. The van der Waals surface area contributed by atoms with Crippen molar-refractivity contribution >= 4 is 53.2 Å². The van der Waals surface area contributed by atoms with Crippen LogP contribution in [0, 0.1) is 5.41 Å². The van der Waals surface area contributed by atoms with Crippen LogP contribution in [0.25, 0.3) is 0 Å². The lowest BCUT2D eigenvalue weighted by Crippen LogP contribution is -2.06. The van der Waals surface area contributed by atoms with Gasteiger partial charge in [-0.2, -0.15) is 4.98 Å². The van der Waals surface area contributed by atoms with Gasteiger partial charge < -0.3 is 24.9 Å². The third kappa shape index (κ3) is 4.47. The first-order chi connectivity index (χ1) is 11.2. The summed E-state index contributed by atoms with van der Waals surface area (Å²) in [7, 11) is 1.56. The summed E-state index contributed by atoms with van der Waals surface area (Å²) in [5, 5.41) is 14.3. The normalized spacial score (nSPS) is 10.2. The molecule has 23 heavy (non-hydrogen) atoms. The van der Waals surface area contributed by atoms with Gasteiger partial charge in [-0.15, -0.1) is 0 Å². The molecular weight excluding hydrogens is 336 g/mol. The zero-order chi connectivity index (χ0) is 16.7. The minimum absolute atomic E-state index is 0.394. The topological polar surface area (TPSA) is 95.0 Å². The van der Waals surface area contributed by atoms with Crippen LogP contribution in [0.3, 0.4) is 0 Å². The first-order valence-corrected chi connectivity index (χ1v) is 7.94. The Kier molecular flexibility index (Phi) is 6.45. The summed E-state index contributed by atoms with van der Waals surface area (Å²) in [6.07, 6.45) is 2.78. The molecular formula is C14H17ClN6OS. The molecule has 0 amide bonds. The van der Waals surface area contributed by atoms with Crippen molar-refractivity contribution in [1.82, 2.24) is 9.97 Å². The van der Waals surface area contributed by atoms with Crippen molar-refractivity contribution in [3.05, 3.63) is 35.0 Å². The lowest BCUT2D eigenvalue weighted by Gasteiger charge is -2.13. The molecule has 1 aromatic carbocycles. The molecule has 0 aliphatic heterocycles. The van der Waals surface area contributed by atoms with E-state index >= 15 is 0 Å². The molecule has 0 saturated carbocycles. The summed E-state index contributed by atoms with van der Waals surface area (Å²) >= 11 is 7.12. The molecule has 0 saturated heterocycles. The van der Waals surface area contributed by atoms with Crippen molar-refractivity contribution in [3.63, 3.8) is 0 Å². The molecule has 0 fully saturated rings. The van der Waals surface area contributed by atoms with Gasteiger partial charge in [0.05, 0.1) is 24.7 Å². The number of rotatable bonds is 8. The Bertz CT molecular complexity index is 684. The highest BCUT2D eigenvalue weighted by atomic mass is 35.5. The molecule has 1 aromatic heterocycles. The van der Waals surface area contributed by atoms with Gasteiger partial charge in [-0.1, -0.05) is 17.7 Å². The van der Waals surface area contributed by atoms with Crippen LogP contribution in [0.15, 0.2) is 24.4 Å². The van der Waals surface area contributed by atoms with E-state index in [2.05, 4.69) is 25.3 Å².